The third-order valence-corrected chi connectivity index (χ3v) is 12.7. The summed E-state index contributed by atoms with van der Waals surface area (Å²) in [5.41, 5.74) is 6.20. The number of anilines is 3. The van der Waals surface area contributed by atoms with Gasteiger partial charge in [0.2, 0.25) is 5.91 Å². The summed E-state index contributed by atoms with van der Waals surface area (Å²) in [5, 5.41) is 25.5. The van der Waals surface area contributed by atoms with Crippen LogP contribution in [0.15, 0.2) is 158 Å². The number of alkyl halides is 1. The predicted molar refractivity (Wildman–Crippen MR) is 302 cm³/mol. The van der Waals surface area contributed by atoms with Crippen LogP contribution >= 0.6 is 15.9 Å². The fourth-order valence-corrected chi connectivity index (χ4v) is 8.63. The minimum Gasteiger partial charge on any atom is -0.469 e. The SMILES string of the molecule is C#CCN1C(=O)c2ccccc2Oc2ccccc21.COC(=O)CCBr.COC(=O)CCn1cc(CN2C(=O)c3ccccc3Oc3ccccc32)nn1.O=C(CCn1cc(CN2C(=O)c3ccccc3Oc3ccccc32)nn1)NO. The average Bonchev–Trinajstić information content (AvgIpc) is 4.16. The zero-order valence-corrected chi connectivity index (χ0v) is 45.9. The fourth-order valence-electron chi connectivity index (χ4n) is 8.30. The van der Waals surface area contributed by atoms with E-state index in [-0.39, 0.29) is 68.7 Å². The van der Waals surface area contributed by atoms with Crippen LogP contribution in [0.2, 0.25) is 0 Å². The Morgan fingerprint density at radius 3 is 1.27 bits per heavy atom. The summed E-state index contributed by atoms with van der Waals surface area (Å²) in [4.78, 5) is 76.3. The van der Waals surface area contributed by atoms with E-state index < -0.39 is 5.91 Å². The molecule has 22 nitrogen and oxygen atoms in total. The molecule has 0 fully saturated rings. The van der Waals surface area contributed by atoms with Crippen molar-refractivity contribution in [1.29, 1.82) is 0 Å². The van der Waals surface area contributed by atoms with Gasteiger partial charge in [0, 0.05) is 11.8 Å². The number of aromatic nitrogens is 6. The van der Waals surface area contributed by atoms with Crippen LogP contribution in [0, 0.1) is 12.3 Å². The van der Waals surface area contributed by atoms with Crippen LogP contribution in [0.4, 0.5) is 17.1 Å². The monoisotopic (exact) mass is 1170 g/mol. The summed E-state index contributed by atoms with van der Waals surface area (Å²) in [6.07, 6.45) is 9.47. The number of hydrogen-bond acceptors (Lipinski definition) is 16. The largest absolute Gasteiger partial charge is 0.469 e. The van der Waals surface area contributed by atoms with Crippen LogP contribution < -0.4 is 34.4 Å². The van der Waals surface area contributed by atoms with Crippen LogP contribution in [0.1, 0.15) is 61.7 Å². The number of carbonyl (C=O) groups is 6. The lowest BCUT2D eigenvalue weighted by Gasteiger charge is -2.20. The molecular formula is C59H53BrN10O12. The highest BCUT2D eigenvalue weighted by molar-refractivity contribution is 9.09. The van der Waals surface area contributed by atoms with Gasteiger partial charge in [0.1, 0.15) is 28.6 Å². The quantitative estimate of drug-likeness (QED) is 0.0359. The van der Waals surface area contributed by atoms with Gasteiger partial charge in [-0.05, 0) is 72.8 Å². The van der Waals surface area contributed by atoms with Crippen LogP contribution in [0.5, 0.6) is 34.5 Å². The Labute approximate surface area is 478 Å². The Morgan fingerprint density at radius 1 is 0.537 bits per heavy atom. The molecule has 0 atom stereocenters. The van der Waals surface area contributed by atoms with Crippen molar-refractivity contribution in [2.45, 2.75) is 45.4 Å². The van der Waals surface area contributed by atoms with E-state index in [2.05, 4.69) is 51.9 Å². The first-order valence-electron chi connectivity index (χ1n) is 25.3. The number of amides is 4. The number of fused-ring (bicyclic) bond motifs is 6. The van der Waals surface area contributed by atoms with E-state index in [1.54, 1.807) is 85.8 Å². The summed E-state index contributed by atoms with van der Waals surface area (Å²) < 4.78 is 29.7. The van der Waals surface area contributed by atoms with E-state index in [1.165, 1.54) is 18.9 Å². The van der Waals surface area contributed by atoms with Gasteiger partial charge in [-0.25, -0.2) is 5.48 Å². The molecule has 0 bridgehead atoms. The number of benzene rings is 6. The van der Waals surface area contributed by atoms with Crippen LogP contribution in [-0.2, 0) is 50.0 Å². The Hall–Kier alpha value is -10.2. The van der Waals surface area contributed by atoms with Gasteiger partial charge in [0.25, 0.3) is 17.7 Å². The number of ether oxygens (including phenoxy) is 5. The molecule has 2 aromatic heterocycles. The number of esters is 2. The van der Waals surface area contributed by atoms with Crippen molar-refractivity contribution in [2.75, 3.05) is 40.8 Å². The fraction of sp³-hybridized carbons (Fsp3) is 0.186. The maximum absolute atomic E-state index is 13.2. The average molecular weight is 1170 g/mol. The van der Waals surface area contributed by atoms with Gasteiger partial charge in [-0.1, -0.05) is 105 Å². The minimum atomic E-state index is -0.512. The van der Waals surface area contributed by atoms with Gasteiger partial charge in [0.05, 0.1) is 106 Å². The molecule has 3 aliphatic rings. The molecule has 6 aromatic carbocycles. The topological polar surface area (TPSA) is 252 Å². The van der Waals surface area contributed by atoms with Gasteiger partial charge in [-0.3, -0.25) is 58.0 Å². The first kappa shape index (κ1) is 58.0. The first-order chi connectivity index (χ1) is 39.9. The summed E-state index contributed by atoms with van der Waals surface area (Å²) in [6, 6.07) is 43.5. The molecule has 0 aliphatic carbocycles. The number of nitrogens with one attached hydrogen (secondary N) is 1. The van der Waals surface area contributed by atoms with Crippen LogP contribution in [-0.4, -0.2) is 96.9 Å². The van der Waals surface area contributed by atoms with Crippen LogP contribution in [0.3, 0.4) is 0 Å². The smallest absolute Gasteiger partial charge is 0.307 e. The van der Waals surface area contributed by atoms with Crippen molar-refractivity contribution in [2.24, 2.45) is 0 Å². The molecule has 23 heteroatoms. The van der Waals surface area contributed by atoms with E-state index in [9.17, 15) is 28.8 Å². The Bertz CT molecular complexity index is 3470. The third-order valence-electron chi connectivity index (χ3n) is 12.3. The van der Waals surface area contributed by atoms with Gasteiger partial charge in [-0.2, -0.15) is 0 Å². The number of carbonyl (C=O) groups excluding carboxylic acids is 6. The highest BCUT2D eigenvalue weighted by Crippen LogP contribution is 2.41. The predicted octanol–water partition coefficient (Wildman–Crippen LogP) is 8.94. The lowest BCUT2D eigenvalue weighted by Crippen LogP contribution is -2.30. The number of hydrogen-bond donors (Lipinski definition) is 2. The number of terminal acetylenes is 1. The summed E-state index contributed by atoms with van der Waals surface area (Å²) >= 11 is 3.09. The molecule has 0 spiro atoms. The molecule has 11 rings (SSSR count). The second kappa shape index (κ2) is 28.1. The number of para-hydroxylation sites is 9. The lowest BCUT2D eigenvalue weighted by atomic mass is 10.1. The normalized spacial score (nSPS) is 12.3. The molecule has 4 amide bonds. The number of hydroxylamine groups is 1. The molecule has 2 N–H and O–H groups in total. The number of methoxy groups -OCH3 is 2. The van der Waals surface area contributed by atoms with E-state index in [1.807, 2.05) is 97.1 Å². The van der Waals surface area contributed by atoms with Gasteiger partial charge < -0.3 is 23.7 Å². The maximum atomic E-state index is 13.2. The maximum Gasteiger partial charge on any atom is 0.307 e. The van der Waals surface area contributed by atoms with E-state index in [4.69, 9.17) is 25.8 Å². The molecule has 0 unspecified atom stereocenters. The first-order valence-corrected chi connectivity index (χ1v) is 26.4. The van der Waals surface area contributed by atoms with E-state index in [0.29, 0.717) is 97.9 Å². The molecule has 5 heterocycles. The van der Waals surface area contributed by atoms with Crippen molar-refractivity contribution in [3.63, 3.8) is 0 Å². The van der Waals surface area contributed by atoms with Crippen molar-refractivity contribution in [3.05, 3.63) is 186 Å². The number of aryl methyl sites for hydroxylation is 2. The number of halogens is 1. The van der Waals surface area contributed by atoms with Crippen molar-refractivity contribution < 1.29 is 57.7 Å². The third kappa shape index (κ3) is 14.3. The molecule has 8 aromatic rings. The molecular weight excluding hydrogens is 1120 g/mol. The standard InChI is InChI=1S/C20H18N4O4.C19H17N5O4.C16H11NO2.C4H7BrO2/c1-27-19(25)10-11-23-12-14(21-22-23)13-24-16-7-3-5-9-18(16)28-17-8-4-2-6-15(17)20(24)26;25-18(21-27)9-10-23-11-13(20-22-23)12-24-15-6-2-4-8-17(15)28-16-7-3-1-5-14(16)19(24)26;1-2-11-17-13-8-4-6-10-15(13)19-14-9-5-3-7-12(14)16(17)18;1-7-4(6)2-3-5/h2-9,12H,10-11,13H2,1H3;1-8,11,27H,9-10,12H2,(H,21,25);1,3-10H,11H2;2-3H2,1H3. The molecule has 0 saturated heterocycles. The summed E-state index contributed by atoms with van der Waals surface area (Å²) in [5.74, 6) is 4.38. The Balaban J connectivity index is 0.000000154. The zero-order valence-electron chi connectivity index (χ0n) is 44.3. The highest BCUT2D eigenvalue weighted by Gasteiger charge is 2.31. The second-order valence-corrected chi connectivity index (χ2v) is 18.4. The minimum absolute atomic E-state index is 0.0615. The van der Waals surface area contributed by atoms with Gasteiger partial charge in [-0.15, -0.1) is 16.6 Å². The molecule has 0 saturated carbocycles. The van der Waals surface area contributed by atoms with Crippen molar-refractivity contribution in [1.82, 2.24) is 35.5 Å². The van der Waals surface area contributed by atoms with Crippen molar-refractivity contribution in [3.8, 4) is 46.8 Å². The molecule has 82 heavy (non-hydrogen) atoms. The van der Waals surface area contributed by atoms with Gasteiger partial charge >= 0.3 is 11.9 Å². The second-order valence-electron chi connectivity index (χ2n) is 17.6. The lowest BCUT2D eigenvalue weighted by molar-refractivity contribution is -0.141. The van der Waals surface area contributed by atoms with E-state index in [0.717, 1.165) is 0 Å². The number of rotatable bonds is 13. The van der Waals surface area contributed by atoms with Gasteiger partial charge in [0.15, 0.2) is 17.2 Å². The summed E-state index contributed by atoms with van der Waals surface area (Å²) in [7, 11) is 2.72. The Kier molecular flexibility index (Phi) is 19.9. The molecule has 3 aliphatic heterocycles. The van der Waals surface area contributed by atoms with Crippen molar-refractivity contribution >= 4 is 68.6 Å². The number of nitrogens with zero attached hydrogens (tertiary/aromatic N) is 9. The highest BCUT2D eigenvalue weighted by atomic mass is 79.9. The Morgan fingerprint density at radius 2 is 0.890 bits per heavy atom. The van der Waals surface area contributed by atoms with Crippen LogP contribution in [0.25, 0.3) is 0 Å². The zero-order chi connectivity index (χ0) is 58.0. The summed E-state index contributed by atoms with van der Waals surface area (Å²) in [6.45, 7) is 1.26. The van der Waals surface area contributed by atoms with E-state index >= 15 is 0 Å². The molecule has 418 valence electrons. The molecule has 0 radical (unpaired) electrons.